The highest BCUT2D eigenvalue weighted by Gasteiger charge is 2.24. The molecule has 3 aromatic rings. The smallest absolute Gasteiger partial charge is 0.258 e. The van der Waals surface area contributed by atoms with Crippen LogP contribution in [0.3, 0.4) is 0 Å². The molecule has 1 heterocycles. The summed E-state index contributed by atoms with van der Waals surface area (Å²) < 4.78 is 5.86. The van der Waals surface area contributed by atoms with E-state index in [-0.39, 0.29) is 24.0 Å². The number of amides is 2. The number of carbonyl (C=O) groups excluding carboxylic acids is 2. The van der Waals surface area contributed by atoms with E-state index in [0.29, 0.717) is 12.3 Å². The van der Waals surface area contributed by atoms with E-state index < -0.39 is 0 Å². The zero-order valence-electron chi connectivity index (χ0n) is 17.8. The van der Waals surface area contributed by atoms with Crippen molar-refractivity contribution in [2.75, 3.05) is 13.7 Å². The largest absolute Gasteiger partial charge is 0.483 e. The highest BCUT2D eigenvalue weighted by Crippen LogP contribution is 2.36. The number of hydrogen-bond acceptors (Lipinski definition) is 3. The minimum Gasteiger partial charge on any atom is -0.483 e. The Morgan fingerprint density at radius 3 is 2.47 bits per heavy atom. The van der Waals surface area contributed by atoms with Crippen LogP contribution in [0.15, 0.2) is 54.6 Å². The molecule has 0 fully saturated rings. The van der Waals surface area contributed by atoms with Gasteiger partial charge in [-0.1, -0.05) is 36.4 Å². The van der Waals surface area contributed by atoms with Gasteiger partial charge >= 0.3 is 0 Å². The Morgan fingerprint density at radius 1 is 1.03 bits per heavy atom. The van der Waals surface area contributed by atoms with Gasteiger partial charge in [-0.15, -0.1) is 0 Å². The fraction of sp³-hybridized carbons (Fsp3) is 0.280. The van der Waals surface area contributed by atoms with Gasteiger partial charge in [0.15, 0.2) is 6.61 Å². The third-order valence-electron chi connectivity index (χ3n) is 5.16. The Bertz CT molecular complexity index is 1140. The van der Waals surface area contributed by atoms with E-state index in [2.05, 4.69) is 17.4 Å². The first-order valence-electron chi connectivity index (χ1n) is 10.1. The molecule has 0 bridgehead atoms. The lowest BCUT2D eigenvalue weighted by molar-refractivity contribution is -0.124. The average Bonchev–Trinajstić information content (AvgIpc) is 2.98. The maximum Gasteiger partial charge on any atom is 0.258 e. The van der Waals surface area contributed by atoms with Crippen molar-refractivity contribution in [2.24, 2.45) is 0 Å². The number of fused-ring (bicyclic) bond motifs is 2. The first-order chi connectivity index (χ1) is 14.2. The number of nitrogens with one attached hydrogen (secondary N) is 1. The van der Waals surface area contributed by atoms with E-state index in [0.717, 1.165) is 33.0 Å². The first kappa shape index (κ1) is 20.0. The first-order valence-corrected chi connectivity index (χ1v) is 10.1. The van der Waals surface area contributed by atoms with Crippen LogP contribution in [0.4, 0.5) is 0 Å². The Kier molecular flexibility index (Phi) is 4.98. The summed E-state index contributed by atoms with van der Waals surface area (Å²) in [5.41, 5.74) is 3.65. The van der Waals surface area contributed by atoms with Gasteiger partial charge in [-0.05, 0) is 61.0 Å². The summed E-state index contributed by atoms with van der Waals surface area (Å²) in [7, 11) is 1.82. The number of ether oxygens (including phenoxy) is 1. The predicted molar refractivity (Wildman–Crippen MR) is 119 cm³/mol. The van der Waals surface area contributed by atoms with Crippen molar-refractivity contribution in [3.05, 3.63) is 65.7 Å². The molecule has 1 N–H and O–H groups in total. The molecule has 0 spiro atoms. The van der Waals surface area contributed by atoms with Crippen LogP contribution in [0.2, 0.25) is 0 Å². The predicted octanol–water partition coefficient (Wildman–Crippen LogP) is 4.39. The van der Waals surface area contributed by atoms with Gasteiger partial charge < -0.3 is 15.0 Å². The highest BCUT2D eigenvalue weighted by molar-refractivity contribution is 6.02. The summed E-state index contributed by atoms with van der Waals surface area (Å²) >= 11 is 0. The number of rotatable bonds is 4. The standard InChI is InChI=1S/C25H26N2O3/c1-25(2,3)26-23(28)15-30-22-12-11-18(20-7-5-6-8-21(20)22)16-9-10-19-17(13-16)14-27(4)24(19)29/h5-13H,14-15H2,1-4H3,(H,26,28). The maximum atomic E-state index is 12.2. The molecule has 3 aromatic carbocycles. The summed E-state index contributed by atoms with van der Waals surface area (Å²) in [6.45, 7) is 6.42. The monoisotopic (exact) mass is 402 g/mol. The molecule has 0 aromatic heterocycles. The summed E-state index contributed by atoms with van der Waals surface area (Å²) in [6.07, 6.45) is 0. The lowest BCUT2D eigenvalue weighted by Gasteiger charge is -2.20. The third-order valence-corrected chi connectivity index (χ3v) is 5.16. The third kappa shape index (κ3) is 3.88. The highest BCUT2D eigenvalue weighted by atomic mass is 16.5. The Labute approximate surface area is 176 Å². The second-order valence-corrected chi connectivity index (χ2v) is 8.78. The molecule has 0 atom stereocenters. The van der Waals surface area contributed by atoms with Crippen LogP contribution < -0.4 is 10.1 Å². The molecule has 0 radical (unpaired) electrons. The molecule has 154 valence electrons. The Morgan fingerprint density at radius 2 is 1.73 bits per heavy atom. The van der Waals surface area contributed by atoms with Gasteiger partial charge in [0.2, 0.25) is 0 Å². The summed E-state index contributed by atoms with van der Waals surface area (Å²) in [4.78, 5) is 26.1. The fourth-order valence-corrected chi connectivity index (χ4v) is 3.88. The number of benzene rings is 3. The van der Waals surface area contributed by atoms with Crippen LogP contribution >= 0.6 is 0 Å². The molecule has 1 aliphatic heterocycles. The van der Waals surface area contributed by atoms with E-state index in [1.807, 2.05) is 70.3 Å². The average molecular weight is 402 g/mol. The minimum atomic E-state index is -0.296. The van der Waals surface area contributed by atoms with E-state index in [1.54, 1.807) is 4.90 Å². The van der Waals surface area contributed by atoms with Crippen molar-refractivity contribution in [1.82, 2.24) is 10.2 Å². The zero-order valence-corrected chi connectivity index (χ0v) is 17.8. The maximum absolute atomic E-state index is 12.2. The quantitative estimate of drug-likeness (QED) is 0.704. The fourth-order valence-electron chi connectivity index (χ4n) is 3.88. The zero-order chi connectivity index (χ0) is 21.5. The van der Waals surface area contributed by atoms with Gasteiger partial charge in [0, 0.05) is 30.1 Å². The molecular weight excluding hydrogens is 376 g/mol. The van der Waals surface area contributed by atoms with Crippen LogP contribution in [-0.2, 0) is 11.3 Å². The Hall–Kier alpha value is -3.34. The molecular formula is C25H26N2O3. The molecule has 2 amide bonds. The van der Waals surface area contributed by atoms with E-state index in [9.17, 15) is 9.59 Å². The normalized spacial score (nSPS) is 13.5. The van der Waals surface area contributed by atoms with Crippen LogP contribution in [0.5, 0.6) is 5.75 Å². The van der Waals surface area contributed by atoms with Crippen LogP contribution in [0, 0.1) is 0 Å². The van der Waals surface area contributed by atoms with Crippen molar-refractivity contribution in [3.8, 4) is 16.9 Å². The minimum absolute atomic E-state index is 0.0338. The number of hydrogen-bond donors (Lipinski definition) is 1. The van der Waals surface area contributed by atoms with Gasteiger partial charge in [-0.2, -0.15) is 0 Å². The molecule has 0 saturated heterocycles. The van der Waals surface area contributed by atoms with E-state index in [4.69, 9.17) is 4.74 Å². The SMILES string of the molecule is CN1Cc2cc(-c3ccc(OCC(=O)NC(C)(C)C)c4ccccc34)ccc2C1=O. The second kappa shape index (κ2) is 7.48. The van der Waals surface area contributed by atoms with Gasteiger partial charge in [0.25, 0.3) is 11.8 Å². The van der Waals surface area contributed by atoms with E-state index in [1.165, 1.54) is 0 Å². The molecule has 5 heteroatoms. The molecule has 0 unspecified atom stereocenters. The van der Waals surface area contributed by atoms with Crippen molar-refractivity contribution >= 4 is 22.6 Å². The topological polar surface area (TPSA) is 58.6 Å². The second-order valence-electron chi connectivity index (χ2n) is 8.78. The van der Waals surface area contributed by atoms with Gasteiger partial charge in [0.1, 0.15) is 5.75 Å². The summed E-state index contributed by atoms with van der Waals surface area (Å²) in [5, 5.41) is 4.91. The number of nitrogens with zero attached hydrogens (tertiary/aromatic N) is 1. The summed E-state index contributed by atoms with van der Waals surface area (Å²) in [5.74, 6) is 0.594. The van der Waals surface area contributed by atoms with Crippen molar-refractivity contribution in [2.45, 2.75) is 32.9 Å². The molecule has 30 heavy (non-hydrogen) atoms. The van der Waals surface area contributed by atoms with Crippen LogP contribution in [0.1, 0.15) is 36.7 Å². The molecule has 1 aliphatic rings. The molecule has 0 aliphatic carbocycles. The molecule has 0 saturated carbocycles. The van der Waals surface area contributed by atoms with Crippen LogP contribution in [0.25, 0.3) is 21.9 Å². The van der Waals surface area contributed by atoms with Gasteiger partial charge in [0.05, 0.1) is 0 Å². The van der Waals surface area contributed by atoms with Crippen LogP contribution in [-0.4, -0.2) is 35.9 Å². The van der Waals surface area contributed by atoms with Crippen molar-refractivity contribution < 1.29 is 14.3 Å². The van der Waals surface area contributed by atoms with Crippen molar-refractivity contribution in [1.29, 1.82) is 0 Å². The lowest BCUT2D eigenvalue weighted by Crippen LogP contribution is -2.43. The summed E-state index contributed by atoms with van der Waals surface area (Å²) in [6, 6.07) is 17.9. The number of carbonyl (C=O) groups is 2. The van der Waals surface area contributed by atoms with E-state index >= 15 is 0 Å². The van der Waals surface area contributed by atoms with Gasteiger partial charge in [-0.3, -0.25) is 9.59 Å². The lowest BCUT2D eigenvalue weighted by atomic mass is 9.95. The van der Waals surface area contributed by atoms with Gasteiger partial charge in [-0.25, -0.2) is 0 Å². The Balaban J connectivity index is 1.66. The molecule has 5 nitrogen and oxygen atoms in total. The van der Waals surface area contributed by atoms with Crippen molar-refractivity contribution in [3.63, 3.8) is 0 Å². The molecule has 4 rings (SSSR count).